The zero-order valence-corrected chi connectivity index (χ0v) is 10.8. The lowest BCUT2D eigenvalue weighted by Crippen LogP contribution is -2.33. The normalized spacial score (nSPS) is 24.9. The molecule has 1 fully saturated rings. The van der Waals surface area contributed by atoms with E-state index < -0.39 is 0 Å². The van der Waals surface area contributed by atoms with Gasteiger partial charge in [-0.1, -0.05) is 13.3 Å². The summed E-state index contributed by atoms with van der Waals surface area (Å²) in [6.07, 6.45) is 3.08. The number of thiophene rings is 1. The van der Waals surface area contributed by atoms with Crippen LogP contribution in [0, 0.1) is 12.3 Å². The van der Waals surface area contributed by atoms with E-state index in [1.165, 1.54) is 0 Å². The van der Waals surface area contributed by atoms with E-state index in [1.54, 1.807) is 11.3 Å². The molecule has 0 radical (unpaired) electrons. The van der Waals surface area contributed by atoms with Crippen molar-refractivity contribution in [1.82, 2.24) is 5.32 Å². The summed E-state index contributed by atoms with van der Waals surface area (Å²) >= 11 is 1.67. The lowest BCUT2D eigenvalue weighted by atomic mass is 9.76. The zero-order chi connectivity index (χ0) is 11.6. The van der Waals surface area contributed by atoms with E-state index in [4.69, 9.17) is 0 Å². The maximum absolute atomic E-state index is 12.6. The molecule has 1 aromatic rings. The molecule has 1 saturated heterocycles. The Balaban J connectivity index is 2.27. The van der Waals surface area contributed by atoms with Crippen LogP contribution >= 0.6 is 11.3 Å². The van der Waals surface area contributed by atoms with E-state index in [9.17, 15) is 4.79 Å². The fourth-order valence-electron chi connectivity index (χ4n) is 2.65. The van der Waals surface area contributed by atoms with Gasteiger partial charge in [-0.05, 0) is 37.8 Å². The van der Waals surface area contributed by atoms with Gasteiger partial charge in [0.25, 0.3) is 0 Å². The van der Waals surface area contributed by atoms with Gasteiger partial charge in [0.15, 0.2) is 5.78 Å². The van der Waals surface area contributed by atoms with Gasteiger partial charge < -0.3 is 5.32 Å². The van der Waals surface area contributed by atoms with Gasteiger partial charge in [-0.3, -0.25) is 4.79 Å². The lowest BCUT2D eigenvalue weighted by molar-refractivity contribution is 0.0801. The van der Waals surface area contributed by atoms with Gasteiger partial charge in [-0.25, -0.2) is 0 Å². The lowest BCUT2D eigenvalue weighted by Gasteiger charge is -2.26. The predicted octanol–water partition coefficient (Wildman–Crippen LogP) is 3.02. The van der Waals surface area contributed by atoms with Crippen LogP contribution in [0.2, 0.25) is 0 Å². The number of aryl methyl sites for hydroxylation is 1. The van der Waals surface area contributed by atoms with Gasteiger partial charge in [0, 0.05) is 22.4 Å². The van der Waals surface area contributed by atoms with Crippen LogP contribution in [0.1, 0.15) is 41.4 Å². The summed E-state index contributed by atoms with van der Waals surface area (Å²) in [5.41, 5.74) is 0.822. The average molecular weight is 237 g/mol. The standard InChI is InChI=1S/C13H19NOS/c1-3-5-13(6-7-14-9-13)12(15)11-4-8-16-10(11)2/h4,8,14H,3,5-7,9H2,1-2H3. The number of rotatable bonds is 4. The Bertz CT molecular complexity index is 377. The first-order chi connectivity index (χ1) is 7.69. The number of hydrogen-bond donors (Lipinski definition) is 1. The molecular weight excluding hydrogens is 218 g/mol. The van der Waals surface area contributed by atoms with E-state index in [1.807, 2.05) is 18.4 Å². The Hall–Kier alpha value is -0.670. The number of ketones is 1. The molecule has 2 nitrogen and oxygen atoms in total. The van der Waals surface area contributed by atoms with Crippen molar-refractivity contribution in [2.45, 2.75) is 33.1 Å². The van der Waals surface area contributed by atoms with Crippen molar-refractivity contribution in [1.29, 1.82) is 0 Å². The third-order valence-corrected chi connectivity index (χ3v) is 4.40. The summed E-state index contributed by atoms with van der Waals surface area (Å²) in [6.45, 7) is 6.04. The molecule has 1 aromatic heterocycles. The summed E-state index contributed by atoms with van der Waals surface area (Å²) in [5, 5.41) is 5.36. The number of Topliss-reactive ketones (excluding diaryl/α,β-unsaturated/α-hetero) is 1. The van der Waals surface area contributed by atoms with Crippen molar-refractivity contribution in [2.75, 3.05) is 13.1 Å². The molecule has 1 aliphatic rings. The van der Waals surface area contributed by atoms with Crippen molar-refractivity contribution < 1.29 is 4.79 Å². The minimum Gasteiger partial charge on any atom is -0.316 e. The Morgan fingerprint density at radius 1 is 1.62 bits per heavy atom. The molecule has 0 bridgehead atoms. The Morgan fingerprint density at radius 3 is 2.94 bits per heavy atom. The third kappa shape index (κ3) is 1.94. The average Bonchev–Trinajstić information content (AvgIpc) is 2.87. The first-order valence-electron chi connectivity index (χ1n) is 5.99. The van der Waals surface area contributed by atoms with Crippen LogP contribution in [-0.4, -0.2) is 18.9 Å². The SMILES string of the molecule is CCCC1(C(=O)c2ccsc2C)CCNC1. The quantitative estimate of drug-likeness (QED) is 0.816. The number of carbonyl (C=O) groups is 1. The summed E-state index contributed by atoms with van der Waals surface area (Å²) < 4.78 is 0. The zero-order valence-electron chi connectivity index (χ0n) is 10.0. The van der Waals surface area contributed by atoms with E-state index in [2.05, 4.69) is 12.2 Å². The van der Waals surface area contributed by atoms with Gasteiger partial charge in [-0.2, -0.15) is 0 Å². The van der Waals surface area contributed by atoms with E-state index >= 15 is 0 Å². The van der Waals surface area contributed by atoms with Gasteiger partial charge in [-0.15, -0.1) is 11.3 Å². The van der Waals surface area contributed by atoms with Gasteiger partial charge in [0.05, 0.1) is 0 Å². The summed E-state index contributed by atoms with van der Waals surface area (Å²) in [4.78, 5) is 13.8. The van der Waals surface area contributed by atoms with Crippen LogP contribution in [0.4, 0.5) is 0 Å². The molecule has 1 aliphatic heterocycles. The molecule has 3 heteroatoms. The van der Waals surface area contributed by atoms with Crippen molar-refractivity contribution in [3.63, 3.8) is 0 Å². The van der Waals surface area contributed by atoms with E-state index in [-0.39, 0.29) is 5.41 Å². The summed E-state index contributed by atoms with van der Waals surface area (Å²) in [6, 6.07) is 1.98. The molecule has 0 aliphatic carbocycles. The second-order valence-corrected chi connectivity index (χ2v) is 5.80. The highest BCUT2D eigenvalue weighted by Gasteiger charge is 2.41. The summed E-state index contributed by atoms with van der Waals surface area (Å²) in [5.74, 6) is 0.359. The highest BCUT2D eigenvalue weighted by Crippen LogP contribution is 2.36. The minimum absolute atomic E-state index is 0.124. The van der Waals surface area contributed by atoms with Crippen LogP contribution in [0.15, 0.2) is 11.4 Å². The first kappa shape index (κ1) is 11.8. The molecule has 16 heavy (non-hydrogen) atoms. The molecule has 0 spiro atoms. The molecule has 1 atom stereocenters. The van der Waals surface area contributed by atoms with Gasteiger partial charge >= 0.3 is 0 Å². The molecule has 0 amide bonds. The van der Waals surface area contributed by atoms with Crippen molar-refractivity contribution in [3.05, 3.63) is 21.9 Å². The summed E-state index contributed by atoms with van der Waals surface area (Å²) in [7, 11) is 0. The number of nitrogens with one attached hydrogen (secondary N) is 1. The maximum Gasteiger partial charge on any atom is 0.171 e. The van der Waals surface area contributed by atoms with E-state index in [0.29, 0.717) is 5.78 Å². The van der Waals surface area contributed by atoms with Crippen LogP contribution in [0.3, 0.4) is 0 Å². The fraction of sp³-hybridized carbons (Fsp3) is 0.615. The fourth-order valence-corrected chi connectivity index (χ4v) is 3.35. The second-order valence-electron chi connectivity index (χ2n) is 4.68. The molecular formula is C13H19NOS. The molecule has 1 N–H and O–H groups in total. The number of hydrogen-bond acceptors (Lipinski definition) is 3. The molecule has 0 saturated carbocycles. The van der Waals surface area contributed by atoms with Crippen molar-refractivity contribution >= 4 is 17.1 Å². The Morgan fingerprint density at radius 2 is 2.44 bits per heavy atom. The van der Waals surface area contributed by atoms with Crippen LogP contribution in [0.25, 0.3) is 0 Å². The molecule has 0 aromatic carbocycles. The third-order valence-electron chi connectivity index (χ3n) is 3.56. The molecule has 1 unspecified atom stereocenters. The maximum atomic E-state index is 12.6. The topological polar surface area (TPSA) is 29.1 Å². The van der Waals surface area contributed by atoms with Gasteiger partial charge in [0.2, 0.25) is 0 Å². The van der Waals surface area contributed by atoms with Crippen LogP contribution in [-0.2, 0) is 0 Å². The molecule has 2 rings (SSSR count). The predicted molar refractivity (Wildman–Crippen MR) is 68.2 cm³/mol. The highest BCUT2D eigenvalue weighted by atomic mass is 32.1. The van der Waals surface area contributed by atoms with Crippen LogP contribution < -0.4 is 5.32 Å². The first-order valence-corrected chi connectivity index (χ1v) is 6.87. The largest absolute Gasteiger partial charge is 0.316 e. The monoisotopic (exact) mass is 237 g/mol. The molecule has 88 valence electrons. The molecule has 2 heterocycles. The highest BCUT2D eigenvalue weighted by molar-refractivity contribution is 7.10. The van der Waals surface area contributed by atoms with E-state index in [0.717, 1.165) is 42.8 Å². The Kier molecular flexibility index (Phi) is 3.45. The van der Waals surface area contributed by atoms with Crippen molar-refractivity contribution in [3.8, 4) is 0 Å². The minimum atomic E-state index is -0.124. The van der Waals surface area contributed by atoms with Gasteiger partial charge in [0.1, 0.15) is 0 Å². The smallest absolute Gasteiger partial charge is 0.171 e. The second kappa shape index (κ2) is 4.68. The van der Waals surface area contributed by atoms with Crippen LogP contribution in [0.5, 0.6) is 0 Å². The number of carbonyl (C=O) groups excluding carboxylic acids is 1. The Labute approximate surface area is 101 Å². The van der Waals surface area contributed by atoms with Crippen molar-refractivity contribution in [2.24, 2.45) is 5.41 Å².